The minimum atomic E-state index is -0.533. The van der Waals surface area contributed by atoms with Gasteiger partial charge >= 0.3 is 5.69 Å². The molecule has 0 aliphatic carbocycles. The second-order valence-corrected chi connectivity index (χ2v) is 3.02. The monoisotopic (exact) mass is 212 g/mol. The van der Waals surface area contributed by atoms with E-state index in [0.29, 0.717) is 12.0 Å². The molecule has 6 heteroatoms. The summed E-state index contributed by atoms with van der Waals surface area (Å²) in [6.07, 6.45) is 1.92. The summed E-state index contributed by atoms with van der Waals surface area (Å²) < 4.78 is 5.08. The van der Waals surface area contributed by atoms with Gasteiger partial charge in [0.05, 0.1) is 11.5 Å². The number of hydrogen-bond donors (Lipinski definition) is 1. The number of nitrogens with zero attached hydrogens (tertiary/aromatic N) is 2. The quantitative estimate of drug-likeness (QED) is 0.448. The van der Waals surface area contributed by atoms with Crippen LogP contribution < -0.4 is 4.74 Å². The van der Waals surface area contributed by atoms with E-state index >= 15 is 0 Å². The lowest BCUT2D eigenvalue weighted by Crippen LogP contribution is -2.04. The van der Waals surface area contributed by atoms with Crippen molar-refractivity contribution >= 4 is 5.69 Å². The predicted molar refractivity (Wildman–Crippen MR) is 52.8 cm³/mol. The van der Waals surface area contributed by atoms with Crippen LogP contribution in [0.3, 0.4) is 0 Å². The number of aryl methyl sites for hydroxylation is 1. The highest BCUT2D eigenvalue weighted by Gasteiger charge is 2.16. The molecular weight excluding hydrogens is 200 g/mol. The Morgan fingerprint density at radius 3 is 3.00 bits per heavy atom. The molecule has 0 saturated heterocycles. The highest BCUT2D eigenvalue weighted by molar-refractivity contribution is 5.42. The van der Waals surface area contributed by atoms with Crippen molar-refractivity contribution in [3.05, 3.63) is 27.9 Å². The largest absolute Gasteiger partial charge is 0.473 e. The van der Waals surface area contributed by atoms with Crippen molar-refractivity contribution in [1.29, 1.82) is 0 Å². The van der Waals surface area contributed by atoms with E-state index < -0.39 is 4.92 Å². The van der Waals surface area contributed by atoms with Crippen LogP contribution in [0.2, 0.25) is 0 Å². The van der Waals surface area contributed by atoms with Gasteiger partial charge in [0.1, 0.15) is 0 Å². The van der Waals surface area contributed by atoms with E-state index in [1.54, 1.807) is 6.92 Å². The van der Waals surface area contributed by atoms with Gasteiger partial charge in [0, 0.05) is 25.3 Å². The van der Waals surface area contributed by atoms with Crippen molar-refractivity contribution in [1.82, 2.24) is 4.98 Å². The Morgan fingerprint density at radius 1 is 1.67 bits per heavy atom. The number of pyridine rings is 1. The van der Waals surface area contributed by atoms with Crippen molar-refractivity contribution in [2.75, 3.05) is 13.2 Å². The maximum Gasteiger partial charge on any atom is 0.331 e. The SMILES string of the molecule is Cc1cnc(OCCCO)c([N+](=O)[O-])c1. The fourth-order valence-corrected chi connectivity index (χ4v) is 1.02. The molecule has 15 heavy (non-hydrogen) atoms. The molecule has 1 heterocycles. The molecule has 6 nitrogen and oxygen atoms in total. The van der Waals surface area contributed by atoms with Crippen LogP contribution in [0.4, 0.5) is 5.69 Å². The highest BCUT2D eigenvalue weighted by atomic mass is 16.6. The molecule has 0 atom stereocenters. The molecular formula is C9H12N2O4. The molecule has 0 aliphatic heterocycles. The van der Waals surface area contributed by atoms with Crippen LogP contribution >= 0.6 is 0 Å². The standard InChI is InChI=1S/C9H12N2O4/c1-7-5-8(11(13)14)9(10-6-7)15-4-2-3-12/h5-6,12H,2-4H2,1H3. The lowest BCUT2D eigenvalue weighted by Gasteiger charge is -2.04. The van der Waals surface area contributed by atoms with Crippen LogP contribution in [-0.2, 0) is 0 Å². The number of ether oxygens (including phenoxy) is 1. The molecule has 0 saturated carbocycles. The number of rotatable bonds is 5. The van der Waals surface area contributed by atoms with Crippen molar-refractivity contribution < 1.29 is 14.8 Å². The number of hydrogen-bond acceptors (Lipinski definition) is 5. The zero-order valence-corrected chi connectivity index (χ0v) is 8.34. The first-order valence-corrected chi connectivity index (χ1v) is 4.50. The van der Waals surface area contributed by atoms with Gasteiger partial charge < -0.3 is 9.84 Å². The highest BCUT2D eigenvalue weighted by Crippen LogP contribution is 2.24. The van der Waals surface area contributed by atoms with Crippen LogP contribution in [0.15, 0.2) is 12.3 Å². The topological polar surface area (TPSA) is 85.5 Å². The number of aliphatic hydroxyl groups is 1. The second-order valence-electron chi connectivity index (χ2n) is 3.02. The summed E-state index contributed by atoms with van der Waals surface area (Å²) in [6.45, 7) is 1.92. The smallest absolute Gasteiger partial charge is 0.331 e. The molecule has 0 aromatic carbocycles. The first-order valence-electron chi connectivity index (χ1n) is 4.50. The Kier molecular flexibility index (Phi) is 3.99. The third kappa shape index (κ3) is 3.17. The predicted octanol–water partition coefficient (Wildman–Crippen LogP) is 1.06. The Balaban J connectivity index is 2.81. The molecule has 1 aromatic rings. The van der Waals surface area contributed by atoms with Crippen LogP contribution in [0, 0.1) is 17.0 Å². The molecule has 1 N–H and O–H groups in total. The molecule has 0 spiro atoms. The van der Waals surface area contributed by atoms with Crippen LogP contribution in [-0.4, -0.2) is 28.2 Å². The minimum absolute atomic E-state index is 0.000880. The first-order chi connectivity index (χ1) is 7.15. The lowest BCUT2D eigenvalue weighted by atomic mass is 10.3. The zero-order chi connectivity index (χ0) is 11.3. The molecule has 1 rings (SSSR count). The summed E-state index contributed by atoms with van der Waals surface area (Å²) in [7, 11) is 0. The lowest BCUT2D eigenvalue weighted by molar-refractivity contribution is -0.386. The molecule has 0 fully saturated rings. The van der Waals surface area contributed by atoms with E-state index in [0.717, 1.165) is 0 Å². The van der Waals surface area contributed by atoms with Crippen LogP contribution in [0.1, 0.15) is 12.0 Å². The van der Waals surface area contributed by atoms with Gasteiger partial charge in [0.15, 0.2) is 0 Å². The van der Waals surface area contributed by atoms with Gasteiger partial charge in [0.2, 0.25) is 0 Å². The summed E-state index contributed by atoms with van der Waals surface area (Å²) in [5, 5.41) is 19.2. The summed E-state index contributed by atoms with van der Waals surface area (Å²) in [5.41, 5.74) is 0.559. The normalized spacial score (nSPS) is 10.0. The van der Waals surface area contributed by atoms with Crippen molar-refractivity contribution in [3.8, 4) is 5.88 Å². The van der Waals surface area contributed by atoms with E-state index in [-0.39, 0.29) is 24.8 Å². The van der Waals surface area contributed by atoms with Gasteiger partial charge in [-0.15, -0.1) is 0 Å². The van der Waals surface area contributed by atoms with Gasteiger partial charge in [-0.05, 0) is 12.5 Å². The molecule has 1 aromatic heterocycles. The van der Waals surface area contributed by atoms with E-state index in [2.05, 4.69) is 4.98 Å². The Labute approximate surface area is 86.7 Å². The molecule has 0 amide bonds. The third-order valence-electron chi connectivity index (χ3n) is 1.71. The minimum Gasteiger partial charge on any atom is -0.473 e. The van der Waals surface area contributed by atoms with Gasteiger partial charge in [0.25, 0.3) is 5.88 Å². The van der Waals surface area contributed by atoms with E-state index in [4.69, 9.17) is 9.84 Å². The fraction of sp³-hybridized carbons (Fsp3) is 0.444. The van der Waals surface area contributed by atoms with Crippen molar-refractivity contribution in [2.24, 2.45) is 0 Å². The Morgan fingerprint density at radius 2 is 2.40 bits per heavy atom. The molecule has 0 aliphatic rings. The van der Waals surface area contributed by atoms with E-state index in [1.165, 1.54) is 12.3 Å². The van der Waals surface area contributed by atoms with E-state index in [1.807, 2.05) is 0 Å². The van der Waals surface area contributed by atoms with Crippen molar-refractivity contribution in [3.63, 3.8) is 0 Å². The van der Waals surface area contributed by atoms with Gasteiger partial charge in [-0.1, -0.05) is 0 Å². The average molecular weight is 212 g/mol. The maximum atomic E-state index is 10.6. The first kappa shape index (κ1) is 11.4. The molecule has 0 unspecified atom stereocenters. The average Bonchev–Trinajstić information content (AvgIpc) is 2.20. The number of aromatic nitrogens is 1. The summed E-state index contributed by atoms with van der Waals surface area (Å²) in [6, 6.07) is 1.40. The summed E-state index contributed by atoms with van der Waals surface area (Å²) in [4.78, 5) is 13.9. The van der Waals surface area contributed by atoms with Crippen LogP contribution in [0.5, 0.6) is 5.88 Å². The molecule has 0 radical (unpaired) electrons. The van der Waals surface area contributed by atoms with Gasteiger partial charge in [-0.25, -0.2) is 4.98 Å². The van der Waals surface area contributed by atoms with E-state index in [9.17, 15) is 10.1 Å². The van der Waals surface area contributed by atoms with Crippen molar-refractivity contribution in [2.45, 2.75) is 13.3 Å². The van der Waals surface area contributed by atoms with Gasteiger partial charge in [-0.2, -0.15) is 0 Å². The number of aliphatic hydroxyl groups excluding tert-OH is 1. The third-order valence-corrected chi connectivity index (χ3v) is 1.71. The van der Waals surface area contributed by atoms with Crippen LogP contribution in [0.25, 0.3) is 0 Å². The zero-order valence-electron chi connectivity index (χ0n) is 8.34. The second kappa shape index (κ2) is 5.26. The number of nitro groups is 1. The molecule has 82 valence electrons. The summed E-state index contributed by atoms with van der Waals surface area (Å²) >= 11 is 0. The van der Waals surface area contributed by atoms with Gasteiger partial charge in [-0.3, -0.25) is 10.1 Å². The maximum absolute atomic E-state index is 10.6. The Bertz CT molecular complexity index is 354. The summed E-state index contributed by atoms with van der Waals surface area (Å²) in [5.74, 6) is -0.000880. The fourth-order valence-electron chi connectivity index (χ4n) is 1.02. The molecule has 0 bridgehead atoms. The Hall–Kier alpha value is -1.69.